The van der Waals surface area contributed by atoms with Crippen LogP contribution in [0.2, 0.25) is 10.0 Å². The molecule has 0 radical (unpaired) electrons. The maximum atomic E-state index is 12.5. The zero-order chi connectivity index (χ0) is 18.7. The number of carbonyl (C=O) groups is 2. The van der Waals surface area contributed by atoms with E-state index < -0.39 is 0 Å². The van der Waals surface area contributed by atoms with E-state index in [0.29, 0.717) is 47.3 Å². The summed E-state index contributed by atoms with van der Waals surface area (Å²) in [6.45, 7) is 2.91. The lowest BCUT2D eigenvalue weighted by atomic mass is 9.96. The molecule has 0 N–H and O–H groups in total. The van der Waals surface area contributed by atoms with Crippen LogP contribution in [0.4, 0.5) is 0 Å². The highest BCUT2D eigenvalue weighted by Crippen LogP contribution is 2.26. The summed E-state index contributed by atoms with van der Waals surface area (Å²) in [5.74, 6) is 0.0226. The minimum atomic E-state index is -0.256. The number of amides is 1. The van der Waals surface area contributed by atoms with Gasteiger partial charge in [-0.25, -0.2) is 0 Å². The number of nitrogens with zero attached hydrogens (tertiary/aromatic N) is 1. The summed E-state index contributed by atoms with van der Waals surface area (Å²) in [5, 5.41) is 1.21. The predicted octanol–water partition coefficient (Wildman–Crippen LogP) is 4.76. The summed E-state index contributed by atoms with van der Waals surface area (Å²) >= 11 is 11.8. The summed E-state index contributed by atoms with van der Waals surface area (Å²) in [4.78, 5) is 26.7. The Balaban J connectivity index is 1.56. The lowest BCUT2D eigenvalue weighted by molar-refractivity contribution is -0.140. The molecule has 2 aromatic carbocycles. The van der Waals surface area contributed by atoms with Crippen molar-refractivity contribution in [1.82, 2.24) is 4.90 Å². The number of piperidine rings is 1. The molecule has 1 aliphatic rings. The zero-order valence-electron chi connectivity index (χ0n) is 14.4. The van der Waals surface area contributed by atoms with Gasteiger partial charge in [0.25, 0.3) is 5.91 Å². The van der Waals surface area contributed by atoms with Crippen molar-refractivity contribution in [2.24, 2.45) is 5.92 Å². The van der Waals surface area contributed by atoms with E-state index in [1.165, 1.54) is 0 Å². The van der Waals surface area contributed by atoms with Crippen LogP contribution < -0.4 is 4.74 Å². The Hall–Kier alpha value is -2.04. The topological polar surface area (TPSA) is 46.6 Å². The Labute approximate surface area is 162 Å². The first-order valence-corrected chi connectivity index (χ1v) is 9.22. The van der Waals surface area contributed by atoms with Gasteiger partial charge in [-0.1, -0.05) is 23.2 Å². The minimum absolute atomic E-state index is 0.0398. The van der Waals surface area contributed by atoms with Gasteiger partial charge in [-0.15, -0.1) is 0 Å². The fourth-order valence-corrected chi connectivity index (χ4v) is 3.37. The monoisotopic (exact) mass is 391 g/mol. The molecule has 3 rings (SSSR count). The molecule has 0 bridgehead atoms. The van der Waals surface area contributed by atoms with Crippen LogP contribution in [-0.4, -0.2) is 29.9 Å². The number of likely N-dealkylation sites (tertiary alicyclic amines) is 1. The second-order valence-electron chi connectivity index (χ2n) is 6.40. The maximum absolute atomic E-state index is 12.5. The number of rotatable bonds is 3. The Bertz CT molecular complexity index is 812. The van der Waals surface area contributed by atoms with Crippen LogP contribution in [0, 0.1) is 12.8 Å². The van der Waals surface area contributed by atoms with E-state index in [1.54, 1.807) is 47.4 Å². The van der Waals surface area contributed by atoms with Crippen molar-refractivity contribution < 1.29 is 14.3 Å². The largest absolute Gasteiger partial charge is 0.426 e. The molecular weight excluding hydrogens is 373 g/mol. The fourth-order valence-electron chi connectivity index (χ4n) is 3.01. The molecule has 0 aromatic heterocycles. The summed E-state index contributed by atoms with van der Waals surface area (Å²) in [7, 11) is 0. The van der Waals surface area contributed by atoms with Crippen molar-refractivity contribution in [3.8, 4) is 5.75 Å². The molecule has 2 aromatic rings. The smallest absolute Gasteiger partial charge is 0.314 e. The van der Waals surface area contributed by atoms with Crippen LogP contribution in [0.15, 0.2) is 42.5 Å². The first kappa shape index (κ1) is 18.7. The molecule has 0 saturated carbocycles. The number of benzene rings is 2. The Morgan fingerprint density at radius 3 is 2.23 bits per heavy atom. The zero-order valence-corrected chi connectivity index (χ0v) is 15.9. The number of halogens is 2. The quantitative estimate of drug-likeness (QED) is 0.559. The molecule has 4 nitrogen and oxygen atoms in total. The number of ether oxygens (including phenoxy) is 1. The van der Waals surface area contributed by atoms with Gasteiger partial charge in [0, 0.05) is 28.7 Å². The Morgan fingerprint density at radius 1 is 1.00 bits per heavy atom. The maximum Gasteiger partial charge on any atom is 0.314 e. The number of aryl methyl sites for hydroxylation is 1. The second kappa shape index (κ2) is 8.11. The van der Waals surface area contributed by atoms with E-state index in [9.17, 15) is 9.59 Å². The standard InChI is InChI=1S/C20H19Cl2NO3/c1-13-12-17(22)6-7-18(13)26-20(25)15-8-10-23(11-9-15)19(24)14-2-4-16(21)5-3-14/h2-7,12,15H,8-11H2,1H3. The summed E-state index contributed by atoms with van der Waals surface area (Å²) < 4.78 is 5.52. The molecule has 1 fully saturated rings. The van der Waals surface area contributed by atoms with Gasteiger partial charge in [-0.2, -0.15) is 0 Å². The van der Waals surface area contributed by atoms with Gasteiger partial charge in [0.15, 0.2) is 0 Å². The SMILES string of the molecule is Cc1cc(Cl)ccc1OC(=O)C1CCN(C(=O)c2ccc(Cl)cc2)CC1. The normalized spacial score (nSPS) is 15.0. The molecule has 1 amide bonds. The average molecular weight is 392 g/mol. The van der Waals surface area contributed by atoms with E-state index in [1.807, 2.05) is 6.92 Å². The summed E-state index contributed by atoms with van der Waals surface area (Å²) in [6.07, 6.45) is 1.18. The van der Waals surface area contributed by atoms with Gasteiger partial charge in [-0.3, -0.25) is 9.59 Å². The molecule has 0 aliphatic carbocycles. The molecule has 136 valence electrons. The molecular formula is C20H19Cl2NO3. The van der Waals surface area contributed by atoms with E-state index in [0.717, 1.165) is 5.56 Å². The molecule has 1 saturated heterocycles. The predicted molar refractivity (Wildman–Crippen MR) is 102 cm³/mol. The first-order valence-electron chi connectivity index (χ1n) is 8.47. The number of hydrogen-bond donors (Lipinski definition) is 0. The average Bonchev–Trinajstić information content (AvgIpc) is 2.64. The van der Waals surface area contributed by atoms with Crippen molar-refractivity contribution in [2.45, 2.75) is 19.8 Å². The van der Waals surface area contributed by atoms with Gasteiger partial charge in [0.05, 0.1) is 5.92 Å². The van der Waals surface area contributed by atoms with Crippen LogP contribution in [0.25, 0.3) is 0 Å². The summed E-state index contributed by atoms with van der Waals surface area (Å²) in [5.41, 5.74) is 1.42. The van der Waals surface area contributed by atoms with E-state index in [-0.39, 0.29) is 17.8 Å². The molecule has 26 heavy (non-hydrogen) atoms. The second-order valence-corrected chi connectivity index (χ2v) is 7.28. The van der Waals surface area contributed by atoms with Crippen molar-refractivity contribution in [3.05, 3.63) is 63.6 Å². The van der Waals surface area contributed by atoms with Crippen LogP contribution in [0.3, 0.4) is 0 Å². The van der Waals surface area contributed by atoms with Crippen LogP contribution in [0.1, 0.15) is 28.8 Å². The fraction of sp³-hybridized carbons (Fsp3) is 0.300. The summed E-state index contributed by atoms with van der Waals surface area (Å²) in [6, 6.07) is 12.0. The van der Waals surface area contributed by atoms with Gasteiger partial charge < -0.3 is 9.64 Å². The van der Waals surface area contributed by atoms with E-state index in [2.05, 4.69) is 0 Å². The highest BCUT2D eigenvalue weighted by atomic mass is 35.5. The van der Waals surface area contributed by atoms with E-state index in [4.69, 9.17) is 27.9 Å². The Morgan fingerprint density at radius 2 is 1.62 bits per heavy atom. The number of carbonyl (C=O) groups excluding carboxylic acids is 2. The third-order valence-electron chi connectivity index (χ3n) is 4.55. The molecule has 0 atom stereocenters. The third-order valence-corrected chi connectivity index (χ3v) is 5.04. The lowest BCUT2D eigenvalue weighted by Crippen LogP contribution is -2.41. The number of hydrogen-bond acceptors (Lipinski definition) is 3. The number of esters is 1. The van der Waals surface area contributed by atoms with Crippen molar-refractivity contribution in [3.63, 3.8) is 0 Å². The van der Waals surface area contributed by atoms with E-state index >= 15 is 0 Å². The van der Waals surface area contributed by atoms with Crippen molar-refractivity contribution in [1.29, 1.82) is 0 Å². The highest BCUT2D eigenvalue weighted by Gasteiger charge is 2.29. The molecule has 0 unspecified atom stereocenters. The van der Waals surface area contributed by atoms with Gasteiger partial charge in [-0.05, 0) is 67.8 Å². The van der Waals surface area contributed by atoms with Crippen molar-refractivity contribution >= 4 is 35.1 Å². The molecule has 1 heterocycles. The van der Waals surface area contributed by atoms with Crippen LogP contribution in [-0.2, 0) is 4.79 Å². The highest BCUT2D eigenvalue weighted by molar-refractivity contribution is 6.31. The van der Waals surface area contributed by atoms with Gasteiger partial charge in [0.1, 0.15) is 5.75 Å². The van der Waals surface area contributed by atoms with Gasteiger partial charge in [0.2, 0.25) is 0 Å². The molecule has 0 spiro atoms. The Kier molecular flexibility index (Phi) is 5.84. The van der Waals surface area contributed by atoms with Gasteiger partial charge >= 0.3 is 5.97 Å². The molecule has 6 heteroatoms. The molecule has 1 aliphatic heterocycles. The lowest BCUT2D eigenvalue weighted by Gasteiger charge is -2.31. The van der Waals surface area contributed by atoms with Crippen molar-refractivity contribution in [2.75, 3.05) is 13.1 Å². The van der Waals surface area contributed by atoms with Crippen LogP contribution >= 0.6 is 23.2 Å². The minimum Gasteiger partial charge on any atom is -0.426 e. The third kappa shape index (κ3) is 4.37. The first-order chi connectivity index (χ1) is 12.4. The van der Waals surface area contributed by atoms with Crippen LogP contribution in [0.5, 0.6) is 5.75 Å².